The molecule has 0 aliphatic carbocycles. The molecule has 0 bridgehead atoms. The Balaban J connectivity index is 2.26. The van der Waals surface area contributed by atoms with E-state index in [1.807, 2.05) is 61.7 Å². The Bertz CT molecular complexity index is 923. The number of nitrogens with zero attached hydrogens (tertiary/aromatic N) is 1. The monoisotopic (exact) mass is 365 g/mol. The summed E-state index contributed by atoms with van der Waals surface area (Å²) in [7, 11) is 0. The van der Waals surface area contributed by atoms with Crippen LogP contribution in [0.2, 0.25) is 0 Å². The minimum absolute atomic E-state index is 0.739. The molecule has 0 radical (unpaired) electrons. The summed E-state index contributed by atoms with van der Waals surface area (Å²) in [6.07, 6.45) is 12.6. The third-order valence-corrected chi connectivity index (χ3v) is 4.22. The number of rotatable bonds is 9. The minimum atomic E-state index is 0.739. The summed E-state index contributed by atoms with van der Waals surface area (Å²) < 4.78 is 0. The predicted octanol–water partition coefficient (Wildman–Crippen LogP) is 7.14. The molecule has 0 saturated heterocycles. The second kappa shape index (κ2) is 11.3. The molecule has 1 heteroatoms. The van der Waals surface area contributed by atoms with Crippen molar-refractivity contribution in [1.82, 2.24) is 0 Å². The van der Waals surface area contributed by atoms with Gasteiger partial charge in [0.1, 0.15) is 0 Å². The fourth-order valence-corrected chi connectivity index (χ4v) is 2.51. The van der Waals surface area contributed by atoms with Gasteiger partial charge in [-0.1, -0.05) is 111 Å². The van der Waals surface area contributed by atoms with E-state index in [1.54, 1.807) is 6.08 Å². The molecule has 0 aliphatic rings. The van der Waals surface area contributed by atoms with Crippen LogP contribution < -0.4 is 0 Å². The molecule has 0 aliphatic heterocycles. The first-order valence-electron chi connectivity index (χ1n) is 9.29. The van der Waals surface area contributed by atoms with Gasteiger partial charge in [-0.15, -0.1) is 0 Å². The number of aliphatic imine (C=N–C) groups is 1. The zero-order valence-electron chi connectivity index (χ0n) is 16.5. The molecule has 2 aromatic rings. The molecule has 140 valence electrons. The first kappa shape index (κ1) is 20.9. The van der Waals surface area contributed by atoms with Crippen LogP contribution in [0.25, 0.3) is 5.70 Å². The van der Waals surface area contributed by atoms with Gasteiger partial charge in [0, 0.05) is 6.21 Å². The van der Waals surface area contributed by atoms with Gasteiger partial charge in [0.15, 0.2) is 0 Å². The highest BCUT2D eigenvalue weighted by Gasteiger charge is 1.98. The first-order chi connectivity index (χ1) is 13.6. The molecule has 0 N–H and O–H groups in total. The fourth-order valence-electron chi connectivity index (χ4n) is 2.51. The van der Waals surface area contributed by atoms with Crippen LogP contribution in [0.4, 0.5) is 0 Å². The van der Waals surface area contributed by atoms with Gasteiger partial charge in [-0.25, -0.2) is 0 Å². The maximum Gasteiger partial charge on any atom is 0.0630 e. The van der Waals surface area contributed by atoms with Crippen LogP contribution in [0.5, 0.6) is 0 Å². The molecule has 2 rings (SSSR count). The van der Waals surface area contributed by atoms with Crippen LogP contribution in [0.3, 0.4) is 0 Å². The lowest BCUT2D eigenvalue weighted by molar-refractivity contribution is 1.26. The highest BCUT2D eigenvalue weighted by molar-refractivity contribution is 5.87. The molecule has 0 heterocycles. The Hall–Kier alpha value is -3.45. The Morgan fingerprint density at radius 3 is 2.25 bits per heavy atom. The second-order valence-corrected chi connectivity index (χ2v) is 6.41. The van der Waals surface area contributed by atoms with Gasteiger partial charge in [-0.05, 0) is 41.2 Å². The smallest absolute Gasteiger partial charge is 0.0630 e. The quantitative estimate of drug-likeness (QED) is 0.331. The van der Waals surface area contributed by atoms with Crippen molar-refractivity contribution in [2.45, 2.75) is 13.3 Å². The number of benzene rings is 2. The van der Waals surface area contributed by atoms with E-state index in [2.05, 4.69) is 61.1 Å². The summed E-state index contributed by atoms with van der Waals surface area (Å²) >= 11 is 0. The van der Waals surface area contributed by atoms with Crippen molar-refractivity contribution in [2.75, 3.05) is 0 Å². The Morgan fingerprint density at radius 1 is 0.964 bits per heavy atom. The summed E-state index contributed by atoms with van der Waals surface area (Å²) in [6, 6.07) is 20.4. The Morgan fingerprint density at radius 2 is 1.61 bits per heavy atom. The molecule has 28 heavy (non-hydrogen) atoms. The van der Waals surface area contributed by atoms with Crippen LogP contribution >= 0.6 is 0 Å². The van der Waals surface area contributed by atoms with Gasteiger partial charge < -0.3 is 0 Å². The van der Waals surface area contributed by atoms with E-state index in [0.29, 0.717) is 0 Å². The number of allylic oxidation sites excluding steroid dienone is 8. The van der Waals surface area contributed by atoms with Gasteiger partial charge in [0.2, 0.25) is 0 Å². The van der Waals surface area contributed by atoms with Crippen molar-refractivity contribution < 1.29 is 0 Å². The van der Waals surface area contributed by atoms with E-state index < -0.39 is 0 Å². The zero-order chi connectivity index (χ0) is 20.2. The summed E-state index contributed by atoms with van der Waals surface area (Å²) in [6.45, 7) is 14.0. The standard InChI is InChI=1S/C27H27N/c1-5-6-13-22(2)23(3)20-26(19-18-25-14-9-7-10-15-25)21-28-24(4)27-16-11-8-12-17-27/h5-17,19-21H,1-2,4,18H2,3H3/b13-6-,23-20+,26-19+,28-21+. The average Bonchev–Trinajstić information content (AvgIpc) is 2.74. The van der Waals surface area contributed by atoms with E-state index in [1.165, 1.54) is 5.56 Å². The van der Waals surface area contributed by atoms with Gasteiger partial charge in [0.05, 0.1) is 5.70 Å². The summed E-state index contributed by atoms with van der Waals surface area (Å²) in [4.78, 5) is 4.59. The molecule has 0 aromatic heterocycles. The lowest BCUT2D eigenvalue weighted by Gasteiger charge is -2.04. The Labute approximate surface area is 169 Å². The normalized spacial score (nSPS) is 12.5. The predicted molar refractivity (Wildman–Crippen MR) is 124 cm³/mol. The molecule has 0 amide bonds. The molecule has 0 fully saturated rings. The largest absolute Gasteiger partial charge is 0.256 e. The molecule has 0 atom stereocenters. The van der Waals surface area contributed by atoms with Gasteiger partial charge in [-0.3, -0.25) is 4.99 Å². The third-order valence-electron chi connectivity index (χ3n) is 4.22. The average molecular weight is 366 g/mol. The summed E-state index contributed by atoms with van der Waals surface area (Å²) in [5, 5.41) is 0. The van der Waals surface area contributed by atoms with Crippen molar-refractivity contribution in [3.8, 4) is 0 Å². The van der Waals surface area contributed by atoms with Crippen molar-refractivity contribution in [2.24, 2.45) is 4.99 Å². The van der Waals surface area contributed by atoms with E-state index in [4.69, 9.17) is 0 Å². The molecule has 0 unspecified atom stereocenters. The van der Waals surface area contributed by atoms with Crippen molar-refractivity contribution in [3.63, 3.8) is 0 Å². The summed E-state index contributed by atoms with van der Waals surface area (Å²) in [5.74, 6) is 0. The molecular weight excluding hydrogens is 338 g/mol. The van der Waals surface area contributed by atoms with E-state index in [9.17, 15) is 0 Å². The SMILES string of the molecule is C=C/C=C\C(=C)/C(C)=C/C(/C=N/C(=C)c1ccccc1)=C\Cc1ccccc1. The van der Waals surface area contributed by atoms with Gasteiger partial charge in [0.25, 0.3) is 0 Å². The van der Waals surface area contributed by atoms with Crippen LogP contribution in [0.15, 0.2) is 132 Å². The summed E-state index contributed by atoms with van der Waals surface area (Å²) in [5.41, 5.74) is 6.05. The maximum absolute atomic E-state index is 4.59. The second-order valence-electron chi connectivity index (χ2n) is 6.41. The molecular formula is C27H27N. The zero-order valence-corrected chi connectivity index (χ0v) is 16.5. The van der Waals surface area contributed by atoms with Crippen LogP contribution in [-0.2, 0) is 6.42 Å². The van der Waals surface area contributed by atoms with Crippen LogP contribution in [-0.4, -0.2) is 6.21 Å². The van der Waals surface area contributed by atoms with E-state index in [-0.39, 0.29) is 0 Å². The lowest BCUT2D eigenvalue weighted by Crippen LogP contribution is -1.89. The number of hydrogen-bond acceptors (Lipinski definition) is 1. The molecule has 1 nitrogen and oxygen atoms in total. The minimum Gasteiger partial charge on any atom is -0.256 e. The highest BCUT2D eigenvalue weighted by Crippen LogP contribution is 2.15. The van der Waals surface area contributed by atoms with E-state index in [0.717, 1.165) is 34.4 Å². The van der Waals surface area contributed by atoms with Crippen molar-refractivity contribution in [1.29, 1.82) is 0 Å². The molecule has 2 aromatic carbocycles. The third kappa shape index (κ3) is 7.05. The lowest BCUT2D eigenvalue weighted by atomic mass is 10.0. The molecule has 0 spiro atoms. The fraction of sp³-hybridized carbons (Fsp3) is 0.0741. The van der Waals surface area contributed by atoms with Crippen LogP contribution in [0, 0.1) is 0 Å². The topological polar surface area (TPSA) is 12.4 Å². The maximum atomic E-state index is 4.59. The Kier molecular flexibility index (Phi) is 8.42. The van der Waals surface area contributed by atoms with Crippen molar-refractivity contribution in [3.05, 3.63) is 139 Å². The van der Waals surface area contributed by atoms with E-state index >= 15 is 0 Å². The highest BCUT2D eigenvalue weighted by atomic mass is 14.7. The first-order valence-corrected chi connectivity index (χ1v) is 9.29. The van der Waals surface area contributed by atoms with Crippen LogP contribution in [0.1, 0.15) is 18.1 Å². The molecule has 0 saturated carbocycles. The van der Waals surface area contributed by atoms with Gasteiger partial charge in [-0.2, -0.15) is 0 Å². The number of hydrogen-bond donors (Lipinski definition) is 0. The van der Waals surface area contributed by atoms with Crippen molar-refractivity contribution >= 4 is 11.9 Å². The van der Waals surface area contributed by atoms with Gasteiger partial charge >= 0.3 is 0 Å².